The van der Waals surface area contributed by atoms with Gasteiger partial charge in [-0.1, -0.05) is 0 Å². The van der Waals surface area contributed by atoms with Crippen molar-refractivity contribution in [2.24, 2.45) is 0 Å². The quantitative estimate of drug-likeness (QED) is 0.622. The van der Waals surface area contributed by atoms with Crippen LogP contribution in [-0.4, -0.2) is 29.1 Å². The van der Waals surface area contributed by atoms with Gasteiger partial charge in [-0.2, -0.15) is 0 Å². The Balaban J connectivity index is 2.67. The van der Waals surface area contributed by atoms with Gasteiger partial charge in [0.2, 0.25) is 0 Å². The number of methoxy groups -OCH3 is 1. The molecule has 1 rings (SSSR count). The van der Waals surface area contributed by atoms with E-state index in [9.17, 15) is 4.79 Å². The van der Waals surface area contributed by atoms with E-state index in [-0.39, 0.29) is 6.10 Å². The molecule has 1 aromatic rings. The van der Waals surface area contributed by atoms with Gasteiger partial charge in [-0.05, 0) is 6.92 Å². The van der Waals surface area contributed by atoms with E-state index in [2.05, 4.69) is 4.98 Å². The van der Waals surface area contributed by atoms with E-state index in [0.717, 1.165) is 6.29 Å². The summed E-state index contributed by atoms with van der Waals surface area (Å²) in [6.07, 6.45) is 4.20. The normalized spacial score (nSPS) is 12.8. The van der Waals surface area contributed by atoms with Gasteiger partial charge in [0, 0.05) is 19.5 Å². The molecule has 0 bridgehead atoms. The van der Waals surface area contributed by atoms with Gasteiger partial charge in [0.15, 0.2) is 12.1 Å². The molecule has 12 heavy (non-hydrogen) atoms. The molecule has 4 heteroatoms. The average molecular weight is 168 g/mol. The van der Waals surface area contributed by atoms with Crippen LogP contribution in [-0.2, 0) is 11.3 Å². The van der Waals surface area contributed by atoms with Crippen LogP contribution < -0.4 is 0 Å². The zero-order chi connectivity index (χ0) is 8.97. The summed E-state index contributed by atoms with van der Waals surface area (Å²) in [6, 6.07) is 0. The highest BCUT2D eigenvalue weighted by Crippen LogP contribution is 1.98. The summed E-state index contributed by atoms with van der Waals surface area (Å²) in [5.74, 6) is 0.443. The van der Waals surface area contributed by atoms with E-state index >= 15 is 0 Å². The summed E-state index contributed by atoms with van der Waals surface area (Å²) in [5.41, 5.74) is 0. The van der Waals surface area contributed by atoms with E-state index in [0.29, 0.717) is 12.4 Å². The molecular formula is C8H12N2O2. The maximum Gasteiger partial charge on any atom is 0.185 e. The number of aromatic nitrogens is 2. The number of carbonyl (C=O) groups excluding carboxylic acids is 1. The number of ether oxygens (including phenoxy) is 1. The molecule has 66 valence electrons. The Morgan fingerprint density at radius 3 is 3.17 bits per heavy atom. The summed E-state index contributed by atoms with van der Waals surface area (Å²) < 4.78 is 6.82. The third-order valence-electron chi connectivity index (χ3n) is 1.71. The van der Waals surface area contributed by atoms with Crippen LogP contribution in [0.25, 0.3) is 0 Å². The topological polar surface area (TPSA) is 44.1 Å². The van der Waals surface area contributed by atoms with Gasteiger partial charge >= 0.3 is 0 Å². The third-order valence-corrected chi connectivity index (χ3v) is 1.71. The van der Waals surface area contributed by atoms with Gasteiger partial charge in [-0.25, -0.2) is 4.98 Å². The van der Waals surface area contributed by atoms with Crippen molar-refractivity contribution in [2.45, 2.75) is 19.6 Å². The molecule has 0 saturated carbocycles. The molecule has 0 amide bonds. The second kappa shape index (κ2) is 4.01. The van der Waals surface area contributed by atoms with Crippen LogP contribution in [0.1, 0.15) is 17.5 Å². The van der Waals surface area contributed by atoms with Crippen LogP contribution in [0, 0.1) is 0 Å². The molecule has 0 aliphatic heterocycles. The van der Waals surface area contributed by atoms with Crippen molar-refractivity contribution in [2.75, 3.05) is 7.11 Å². The highest BCUT2D eigenvalue weighted by Gasteiger charge is 2.04. The maximum absolute atomic E-state index is 10.4. The molecule has 0 fully saturated rings. The fraction of sp³-hybridized carbons (Fsp3) is 0.500. The summed E-state index contributed by atoms with van der Waals surface area (Å²) >= 11 is 0. The van der Waals surface area contributed by atoms with Crippen molar-refractivity contribution in [3.8, 4) is 0 Å². The average Bonchev–Trinajstić information content (AvgIpc) is 2.51. The lowest BCUT2D eigenvalue weighted by Crippen LogP contribution is -2.15. The Morgan fingerprint density at radius 2 is 2.58 bits per heavy atom. The minimum atomic E-state index is 0.0953. The van der Waals surface area contributed by atoms with Gasteiger partial charge in [-0.3, -0.25) is 4.79 Å². The molecule has 1 aromatic heterocycles. The molecule has 0 aliphatic carbocycles. The maximum atomic E-state index is 10.4. The van der Waals surface area contributed by atoms with E-state index in [1.165, 1.54) is 0 Å². The molecule has 0 radical (unpaired) electrons. The van der Waals surface area contributed by atoms with E-state index in [1.54, 1.807) is 24.1 Å². The number of hydrogen-bond donors (Lipinski definition) is 0. The second-order valence-corrected chi connectivity index (χ2v) is 2.60. The predicted molar refractivity (Wildman–Crippen MR) is 44.1 cm³/mol. The first-order chi connectivity index (χ1) is 5.77. The van der Waals surface area contributed by atoms with Gasteiger partial charge in [0.1, 0.15) is 0 Å². The Labute approximate surface area is 71.2 Å². The molecule has 0 spiro atoms. The molecule has 1 heterocycles. The fourth-order valence-electron chi connectivity index (χ4n) is 0.945. The molecule has 0 aliphatic rings. The molecule has 1 unspecified atom stereocenters. The molecular weight excluding hydrogens is 156 g/mol. The van der Waals surface area contributed by atoms with Crippen molar-refractivity contribution in [3.05, 3.63) is 18.2 Å². The lowest BCUT2D eigenvalue weighted by atomic mass is 10.4. The zero-order valence-electron chi connectivity index (χ0n) is 7.23. The van der Waals surface area contributed by atoms with E-state index < -0.39 is 0 Å². The second-order valence-electron chi connectivity index (χ2n) is 2.60. The van der Waals surface area contributed by atoms with Crippen LogP contribution in [0.4, 0.5) is 0 Å². The molecule has 4 nitrogen and oxygen atoms in total. The van der Waals surface area contributed by atoms with Crippen LogP contribution in [0.2, 0.25) is 0 Å². The Kier molecular flexibility index (Phi) is 2.99. The number of rotatable bonds is 4. The highest BCUT2D eigenvalue weighted by molar-refractivity contribution is 5.69. The summed E-state index contributed by atoms with van der Waals surface area (Å²) in [5, 5.41) is 0. The monoisotopic (exact) mass is 168 g/mol. The fourth-order valence-corrected chi connectivity index (χ4v) is 0.945. The number of aldehydes is 1. The van der Waals surface area contributed by atoms with Crippen molar-refractivity contribution >= 4 is 6.29 Å². The molecule has 0 N–H and O–H groups in total. The Hall–Kier alpha value is -1.16. The lowest BCUT2D eigenvalue weighted by molar-refractivity contribution is 0.0999. The smallest absolute Gasteiger partial charge is 0.185 e. The third kappa shape index (κ3) is 1.92. The van der Waals surface area contributed by atoms with Crippen LogP contribution >= 0.6 is 0 Å². The molecule has 0 aromatic carbocycles. The van der Waals surface area contributed by atoms with Crippen LogP contribution in [0.15, 0.2) is 12.4 Å². The van der Waals surface area contributed by atoms with Crippen LogP contribution in [0.5, 0.6) is 0 Å². The SMILES string of the molecule is COC(C)Cn1ccnc1C=O. The summed E-state index contributed by atoms with van der Waals surface area (Å²) in [7, 11) is 1.64. The Bertz CT molecular complexity index is 257. The summed E-state index contributed by atoms with van der Waals surface area (Å²) in [4.78, 5) is 14.3. The first-order valence-electron chi connectivity index (χ1n) is 3.77. The van der Waals surface area contributed by atoms with E-state index in [1.807, 2.05) is 6.92 Å². The van der Waals surface area contributed by atoms with Gasteiger partial charge < -0.3 is 9.30 Å². The zero-order valence-corrected chi connectivity index (χ0v) is 7.23. The largest absolute Gasteiger partial charge is 0.380 e. The van der Waals surface area contributed by atoms with Gasteiger partial charge in [0.25, 0.3) is 0 Å². The number of hydrogen-bond acceptors (Lipinski definition) is 3. The number of carbonyl (C=O) groups is 1. The van der Waals surface area contributed by atoms with Crippen molar-refractivity contribution in [1.29, 1.82) is 0 Å². The van der Waals surface area contributed by atoms with Gasteiger partial charge in [0.05, 0.1) is 12.6 Å². The van der Waals surface area contributed by atoms with Crippen molar-refractivity contribution < 1.29 is 9.53 Å². The minimum Gasteiger partial charge on any atom is -0.380 e. The summed E-state index contributed by atoms with van der Waals surface area (Å²) in [6.45, 7) is 2.60. The number of imidazole rings is 1. The first-order valence-corrected chi connectivity index (χ1v) is 3.77. The van der Waals surface area contributed by atoms with E-state index in [4.69, 9.17) is 4.74 Å². The van der Waals surface area contributed by atoms with Crippen molar-refractivity contribution in [3.63, 3.8) is 0 Å². The Morgan fingerprint density at radius 1 is 1.83 bits per heavy atom. The standard InChI is InChI=1S/C8H12N2O2/c1-7(12-2)5-10-4-3-9-8(10)6-11/h3-4,6-7H,5H2,1-2H3. The molecule has 1 atom stereocenters. The first kappa shape index (κ1) is 8.93. The highest BCUT2D eigenvalue weighted by atomic mass is 16.5. The van der Waals surface area contributed by atoms with Crippen molar-refractivity contribution in [1.82, 2.24) is 9.55 Å². The number of nitrogens with zero attached hydrogens (tertiary/aromatic N) is 2. The predicted octanol–water partition coefficient (Wildman–Crippen LogP) is 0.731. The van der Waals surface area contributed by atoms with Crippen LogP contribution in [0.3, 0.4) is 0 Å². The lowest BCUT2D eigenvalue weighted by Gasteiger charge is -2.10. The minimum absolute atomic E-state index is 0.0953. The van der Waals surface area contributed by atoms with Gasteiger partial charge in [-0.15, -0.1) is 0 Å². The molecule has 0 saturated heterocycles.